The number of ketones is 1. The fourth-order valence-electron chi connectivity index (χ4n) is 3.83. The van der Waals surface area contributed by atoms with Crippen LogP contribution in [0, 0.1) is 11.3 Å². The number of rotatable bonds is 5. The molecule has 0 aliphatic carbocycles. The number of nitriles is 1. The van der Waals surface area contributed by atoms with Crippen LogP contribution in [0.4, 0.5) is 5.69 Å². The van der Waals surface area contributed by atoms with E-state index in [2.05, 4.69) is 4.98 Å². The molecule has 1 aliphatic heterocycles. The van der Waals surface area contributed by atoms with Gasteiger partial charge in [0.1, 0.15) is 28.9 Å². The highest BCUT2D eigenvalue weighted by Gasteiger charge is 2.48. The zero-order chi connectivity index (χ0) is 23.5. The third-order valence-electron chi connectivity index (χ3n) is 5.35. The van der Waals surface area contributed by atoms with Crippen molar-refractivity contribution in [3.63, 3.8) is 0 Å². The van der Waals surface area contributed by atoms with Gasteiger partial charge in [-0.1, -0.05) is 12.1 Å². The van der Waals surface area contributed by atoms with Crippen LogP contribution in [0.3, 0.4) is 0 Å². The van der Waals surface area contributed by atoms with Crippen LogP contribution in [0.5, 0.6) is 11.5 Å². The van der Waals surface area contributed by atoms with Crippen molar-refractivity contribution in [1.29, 1.82) is 5.26 Å². The summed E-state index contributed by atoms with van der Waals surface area (Å²) >= 11 is 0. The number of benzene rings is 2. The van der Waals surface area contributed by atoms with Crippen LogP contribution in [0.2, 0.25) is 0 Å². The molecule has 164 valence electrons. The summed E-state index contributed by atoms with van der Waals surface area (Å²) in [5.74, 6) is -1.59. The number of anilines is 1. The van der Waals surface area contributed by atoms with Gasteiger partial charge >= 0.3 is 0 Å². The fraction of sp³-hybridized carbons (Fsp3) is 0.120. The molecular weight excluding hydrogens is 422 g/mol. The number of Topliss-reactive ketones (excluding diaryl/α,β-unsaturated/α-hetero) is 1. The van der Waals surface area contributed by atoms with Crippen LogP contribution in [0.25, 0.3) is 5.76 Å². The molecule has 4 rings (SSSR count). The smallest absolute Gasteiger partial charge is 0.300 e. The number of nitrogens with zero attached hydrogens (tertiary/aromatic N) is 3. The second-order valence-corrected chi connectivity index (χ2v) is 7.12. The molecule has 8 heteroatoms. The summed E-state index contributed by atoms with van der Waals surface area (Å²) in [7, 11) is 2.86. The summed E-state index contributed by atoms with van der Waals surface area (Å²) in [6, 6.07) is 17.3. The van der Waals surface area contributed by atoms with Crippen LogP contribution in [0.1, 0.15) is 22.9 Å². The predicted molar refractivity (Wildman–Crippen MR) is 120 cm³/mol. The van der Waals surface area contributed by atoms with Crippen LogP contribution in [-0.2, 0) is 9.59 Å². The lowest BCUT2D eigenvalue weighted by Crippen LogP contribution is -2.29. The Morgan fingerprint density at radius 1 is 1.00 bits per heavy atom. The Bertz CT molecular complexity index is 1270. The van der Waals surface area contributed by atoms with Crippen molar-refractivity contribution in [2.24, 2.45) is 0 Å². The van der Waals surface area contributed by atoms with Gasteiger partial charge in [0.05, 0.1) is 37.1 Å². The van der Waals surface area contributed by atoms with E-state index in [1.807, 2.05) is 6.07 Å². The van der Waals surface area contributed by atoms with E-state index in [0.717, 1.165) is 0 Å². The van der Waals surface area contributed by atoms with E-state index in [1.165, 1.54) is 25.3 Å². The Hall–Kier alpha value is -4.64. The molecule has 0 bridgehead atoms. The Balaban J connectivity index is 1.99. The zero-order valence-electron chi connectivity index (χ0n) is 17.9. The Morgan fingerprint density at radius 2 is 1.67 bits per heavy atom. The summed E-state index contributed by atoms with van der Waals surface area (Å²) in [5, 5.41) is 20.5. The topological polar surface area (TPSA) is 113 Å². The van der Waals surface area contributed by atoms with Gasteiger partial charge in [-0.05, 0) is 48.5 Å². The normalized spacial score (nSPS) is 17.0. The molecule has 2 heterocycles. The number of amides is 1. The maximum Gasteiger partial charge on any atom is 0.300 e. The number of aliphatic hydroxyl groups is 1. The summed E-state index contributed by atoms with van der Waals surface area (Å²) in [6.45, 7) is 0. The highest BCUT2D eigenvalue weighted by atomic mass is 16.5. The van der Waals surface area contributed by atoms with E-state index in [0.29, 0.717) is 16.9 Å². The minimum absolute atomic E-state index is 0.147. The van der Waals surface area contributed by atoms with Gasteiger partial charge in [-0.25, -0.2) is 0 Å². The van der Waals surface area contributed by atoms with Gasteiger partial charge in [-0.15, -0.1) is 0 Å². The molecule has 8 nitrogen and oxygen atoms in total. The number of hydrogen-bond acceptors (Lipinski definition) is 7. The van der Waals surface area contributed by atoms with Crippen LogP contribution in [0.15, 0.2) is 72.4 Å². The number of ether oxygens (including phenoxy) is 2. The van der Waals surface area contributed by atoms with Gasteiger partial charge in [0.25, 0.3) is 11.7 Å². The fourth-order valence-corrected chi connectivity index (χ4v) is 3.83. The third-order valence-corrected chi connectivity index (χ3v) is 5.35. The van der Waals surface area contributed by atoms with Gasteiger partial charge in [-0.2, -0.15) is 5.26 Å². The van der Waals surface area contributed by atoms with Crippen LogP contribution in [-0.4, -0.2) is 36.0 Å². The monoisotopic (exact) mass is 441 g/mol. The number of carbonyl (C=O) groups excluding carboxylic acids is 2. The Labute approximate surface area is 189 Å². The number of hydrogen-bond donors (Lipinski definition) is 1. The molecule has 1 unspecified atom stereocenters. The molecule has 0 radical (unpaired) electrons. The molecule has 1 amide bonds. The summed E-state index contributed by atoms with van der Waals surface area (Å²) < 4.78 is 10.8. The molecule has 3 aromatic rings. The van der Waals surface area contributed by atoms with Crippen molar-refractivity contribution in [1.82, 2.24) is 4.98 Å². The second-order valence-electron chi connectivity index (χ2n) is 7.12. The average Bonchev–Trinajstić information content (AvgIpc) is 3.13. The van der Waals surface area contributed by atoms with Crippen molar-refractivity contribution >= 4 is 23.1 Å². The number of pyridine rings is 1. The third kappa shape index (κ3) is 3.66. The maximum atomic E-state index is 13.2. The maximum absolute atomic E-state index is 13.2. The van der Waals surface area contributed by atoms with E-state index in [-0.39, 0.29) is 22.6 Å². The molecule has 0 saturated carbocycles. The molecule has 1 N–H and O–H groups in total. The van der Waals surface area contributed by atoms with Gasteiger partial charge in [0.15, 0.2) is 0 Å². The van der Waals surface area contributed by atoms with Gasteiger partial charge in [-0.3, -0.25) is 19.5 Å². The quantitative estimate of drug-likeness (QED) is 0.366. The predicted octanol–water partition coefficient (Wildman–Crippen LogP) is 3.60. The Kier molecular flexibility index (Phi) is 5.79. The lowest BCUT2D eigenvalue weighted by Gasteiger charge is -2.25. The van der Waals surface area contributed by atoms with E-state index in [4.69, 9.17) is 14.7 Å². The first-order chi connectivity index (χ1) is 16.0. The van der Waals surface area contributed by atoms with E-state index in [1.54, 1.807) is 60.7 Å². The van der Waals surface area contributed by atoms with Gasteiger partial charge < -0.3 is 14.6 Å². The van der Waals surface area contributed by atoms with E-state index in [9.17, 15) is 14.7 Å². The highest BCUT2D eigenvalue weighted by Crippen LogP contribution is 2.44. The molecule has 0 spiro atoms. The molecule has 1 atom stereocenters. The Morgan fingerprint density at radius 3 is 2.21 bits per heavy atom. The summed E-state index contributed by atoms with van der Waals surface area (Å²) in [5.41, 5.74) is 1.19. The number of methoxy groups -OCH3 is 2. The van der Waals surface area contributed by atoms with E-state index < -0.39 is 23.5 Å². The number of aliphatic hydroxyl groups excluding tert-OH is 1. The highest BCUT2D eigenvalue weighted by molar-refractivity contribution is 6.51. The van der Waals surface area contributed by atoms with Gasteiger partial charge in [0, 0.05) is 11.9 Å². The van der Waals surface area contributed by atoms with Crippen molar-refractivity contribution in [3.8, 4) is 17.6 Å². The van der Waals surface area contributed by atoms with Gasteiger partial charge in [0.2, 0.25) is 0 Å². The second kappa shape index (κ2) is 8.85. The molecule has 1 saturated heterocycles. The first kappa shape index (κ1) is 21.6. The molecule has 2 aromatic carbocycles. The van der Waals surface area contributed by atoms with Crippen LogP contribution >= 0.6 is 0 Å². The first-order valence-electron chi connectivity index (χ1n) is 9.95. The van der Waals surface area contributed by atoms with Crippen molar-refractivity contribution in [2.75, 3.05) is 19.1 Å². The average molecular weight is 441 g/mol. The van der Waals surface area contributed by atoms with Crippen molar-refractivity contribution in [2.45, 2.75) is 6.04 Å². The standard InChI is InChI=1S/C25H19N3O5/c1-32-18-7-5-8-19(33-2)20(18)23(29)21-22(17-6-3-4-13-27-17)28(25(31)24(21)30)16-11-9-15(14-26)10-12-16/h3-13,22,29H,1-2H3/b23-21+. The molecular formula is C25H19N3O5. The summed E-state index contributed by atoms with van der Waals surface area (Å²) in [6.07, 6.45) is 1.54. The number of aromatic nitrogens is 1. The summed E-state index contributed by atoms with van der Waals surface area (Å²) in [4.78, 5) is 32.0. The minimum atomic E-state index is -1.01. The van der Waals surface area contributed by atoms with E-state index >= 15 is 0 Å². The first-order valence-corrected chi connectivity index (χ1v) is 9.95. The van der Waals surface area contributed by atoms with Crippen molar-refractivity contribution in [3.05, 3.63) is 89.3 Å². The molecule has 1 aromatic heterocycles. The molecule has 1 aliphatic rings. The zero-order valence-corrected chi connectivity index (χ0v) is 17.9. The van der Waals surface area contributed by atoms with Crippen LogP contribution < -0.4 is 14.4 Å². The minimum Gasteiger partial charge on any atom is -0.506 e. The molecule has 1 fully saturated rings. The van der Waals surface area contributed by atoms with Crippen molar-refractivity contribution < 1.29 is 24.2 Å². The number of carbonyl (C=O) groups is 2. The molecule has 33 heavy (non-hydrogen) atoms. The lowest BCUT2D eigenvalue weighted by atomic mass is 9.97. The SMILES string of the molecule is COc1cccc(OC)c1/C(O)=C1\C(=O)C(=O)N(c2ccc(C#N)cc2)C1c1ccccn1. The largest absolute Gasteiger partial charge is 0.506 e. The lowest BCUT2D eigenvalue weighted by molar-refractivity contribution is -0.132.